The van der Waals surface area contributed by atoms with Crippen molar-refractivity contribution in [1.29, 1.82) is 0 Å². The van der Waals surface area contributed by atoms with Gasteiger partial charge in [0.15, 0.2) is 0 Å². The molecule has 2 fully saturated rings. The van der Waals surface area contributed by atoms with E-state index in [1.807, 2.05) is 0 Å². The maximum absolute atomic E-state index is 13.1. The molecule has 0 radical (unpaired) electrons. The summed E-state index contributed by atoms with van der Waals surface area (Å²) in [7, 11) is 0. The Bertz CT molecular complexity index is 222. The van der Waals surface area contributed by atoms with Crippen molar-refractivity contribution in [3.63, 3.8) is 0 Å². The van der Waals surface area contributed by atoms with Crippen molar-refractivity contribution in [2.75, 3.05) is 5.88 Å². The summed E-state index contributed by atoms with van der Waals surface area (Å²) in [5, 5.41) is 0. The summed E-state index contributed by atoms with van der Waals surface area (Å²) < 4.78 is 26.1. The highest BCUT2D eigenvalue weighted by Crippen LogP contribution is 2.49. The molecule has 0 amide bonds. The molecule has 2 aliphatic carbocycles. The normalized spacial score (nSPS) is 33.4. The van der Waals surface area contributed by atoms with Crippen LogP contribution in [0.15, 0.2) is 0 Å². The molecule has 0 aromatic heterocycles. The zero-order chi connectivity index (χ0) is 10.9. The molecule has 1 unspecified atom stereocenters. The predicted molar refractivity (Wildman–Crippen MR) is 58.5 cm³/mol. The van der Waals surface area contributed by atoms with Crippen LogP contribution >= 0.6 is 11.6 Å². The Morgan fingerprint density at radius 3 is 2.27 bits per heavy atom. The van der Waals surface area contributed by atoms with Crippen LogP contribution in [-0.4, -0.2) is 11.8 Å². The van der Waals surface area contributed by atoms with Crippen molar-refractivity contribution in [2.45, 2.75) is 57.3 Å². The third-order valence-electron chi connectivity index (χ3n) is 4.18. The monoisotopic (exact) mass is 236 g/mol. The number of alkyl halides is 3. The van der Waals surface area contributed by atoms with Crippen LogP contribution in [0.3, 0.4) is 0 Å². The van der Waals surface area contributed by atoms with E-state index in [2.05, 4.69) is 0 Å². The molecule has 0 spiro atoms. The van der Waals surface area contributed by atoms with E-state index in [4.69, 9.17) is 11.6 Å². The van der Waals surface area contributed by atoms with Crippen LogP contribution in [0.2, 0.25) is 0 Å². The van der Waals surface area contributed by atoms with E-state index in [0.717, 1.165) is 19.3 Å². The lowest BCUT2D eigenvalue weighted by molar-refractivity contribution is 0.00304. The van der Waals surface area contributed by atoms with Crippen molar-refractivity contribution in [1.82, 2.24) is 0 Å². The van der Waals surface area contributed by atoms with Gasteiger partial charge in [0, 0.05) is 18.7 Å². The van der Waals surface area contributed by atoms with Gasteiger partial charge in [0.05, 0.1) is 0 Å². The minimum Gasteiger partial charge on any atom is -0.207 e. The smallest absolute Gasteiger partial charge is 0.207 e. The largest absolute Gasteiger partial charge is 0.248 e. The maximum Gasteiger partial charge on any atom is 0.248 e. The molecule has 0 N–H and O–H groups in total. The Hall–Kier alpha value is 0.150. The van der Waals surface area contributed by atoms with Gasteiger partial charge in [-0.15, -0.1) is 11.6 Å². The predicted octanol–water partition coefficient (Wildman–Crippen LogP) is 4.61. The molecule has 2 aliphatic rings. The van der Waals surface area contributed by atoms with Crippen LogP contribution < -0.4 is 0 Å². The molecule has 0 saturated heterocycles. The molecule has 0 nitrogen and oxygen atoms in total. The van der Waals surface area contributed by atoms with Gasteiger partial charge in [-0.1, -0.05) is 12.8 Å². The van der Waals surface area contributed by atoms with Gasteiger partial charge < -0.3 is 0 Å². The second-order valence-corrected chi connectivity index (χ2v) is 5.78. The Kier molecular flexibility index (Phi) is 3.25. The van der Waals surface area contributed by atoms with E-state index in [9.17, 15) is 8.78 Å². The molecule has 0 aromatic carbocycles. The van der Waals surface area contributed by atoms with Gasteiger partial charge in [-0.25, -0.2) is 8.78 Å². The van der Waals surface area contributed by atoms with Crippen LogP contribution in [0.4, 0.5) is 8.78 Å². The topological polar surface area (TPSA) is 0 Å². The summed E-state index contributed by atoms with van der Waals surface area (Å²) in [6, 6.07) is 0. The van der Waals surface area contributed by atoms with Crippen LogP contribution in [-0.2, 0) is 0 Å². The lowest BCUT2D eigenvalue weighted by atomic mass is 9.79. The number of hydrogen-bond acceptors (Lipinski definition) is 0. The summed E-state index contributed by atoms with van der Waals surface area (Å²) in [6.07, 6.45) is 6.60. The van der Waals surface area contributed by atoms with Gasteiger partial charge in [0.2, 0.25) is 5.92 Å². The summed E-state index contributed by atoms with van der Waals surface area (Å²) >= 11 is 6.03. The fourth-order valence-corrected chi connectivity index (χ4v) is 3.72. The first kappa shape index (κ1) is 11.6. The van der Waals surface area contributed by atoms with Crippen molar-refractivity contribution >= 4 is 11.6 Å². The lowest BCUT2D eigenvalue weighted by Crippen LogP contribution is -2.22. The summed E-state index contributed by atoms with van der Waals surface area (Å²) in [6.45, 7) is 0. The molecule has 0 aromatic rings. The highest BCUT2D eigenvalue weighted by molar-refractivity contribution is 6.18. The third-order valence-corrected chi connectivity index (χ3v) is 4.74. The first-order valence-corrected chi connectivity index (χ1v) is 6.53. The Labute approximate surface area is 95.4 Å². The Morgan fingerprint density at radius 1 is 1.13 bits per heavy atom. The van der Waals surface area contributed by atoms with Crippen LogP contribution in [0, 0.1) is 11.3 Å². The van der Waals surface area contributed by atoms with Gasteiger partial charge in [0.25, 0.3) is 0 Å². The minimum atomic E-state index is -2.39. The van der Waals surface area contributed by atoms with Gasteiger partial charge >= 0.3 is 0 Å². The number of halogens is 3. The molecule has 0 aliphatic heterocycles. The summed E-state index contributed by atoms with van der Waals surface area (Å²) in [5.41, 5.74) is 0.201. The van der Waals surface area contributed by atoms with E-state index < -0.39 is 5.92 Å². The second-order valence-electron chi connectivity index (χ2n) is 5.51. The van der Waals surface area contributed by atoms with Crippen molar-refractivity contribution in [3.8, 4) is 0 Å². The molecule has 15 heavy (non-hydrogen) atoms. The zero-order valence-electron chi connectivity index (χ0n) is 9.08. The second kappa shape index (κ2) is 4.20. The van der Waals surface area contributed by atoms with E-state index in [0.29, 0.717) is 12.3 Å². The molecular formula is C12H19ClF2. The Balaban J connectivity index is 1.91. The van der Waals surface area contributed by atoms with E-state index in [1.165, 1.54) is 12.8 Å². The average Bonchev–Trinajstić information content (AvgIpc) is 2.75. The SMILES string of the molecule is FC1(F)CCC(CC2(CCl)CCCC2)C1. The van der Waals surface area contributed by atoms with Gasteiger partial charge in [0.1, 0.15) is 0 Å². The van der Waals surface area contributed by atoms with E-state index in [-0.39, 0.29) is 24.2 Å². The first-order chi connectivity index (χ1) is 7.05. The molecule has 2 rings (SSSR count). The van der Waals surface area contributed by atoms with Crippen molar-refractivity contribution in [2.24, 2.45) is 11.3 Å². The molecule has 2 saturated carbocycles. The molecule has 88 valence electrons. The van der Waals surface area contributed by atoms with Crippen LogP contribution in [0.5, 0.6) is 0 Å². The van der Waals surface area contributed by atoms with Crippen LogP contribution in [0.1, 0.15) is 51.4 Å². The quantitative estimate of drug-likeness (QED) is 0.628. The first-order valence-electron chi connectivity index (χ1n) is 5.99. The van der Waals surface area contributed by atoms with Gasteiger partial charge in [-0.3, -0.25) is 0 Å². The van der Waals surface area contributed by atoms with Crippen LogP contribution in [0.25, 0.3) is 0 Å². The van der Waals surface area contributed by atoms with E-state index in [1.54, 1.807) is 0 Å². The highest BCUT2D eigenvalue weighted by atomic mass is 35.5. The Morgan fingerprint density at radius 2 is 1.80 bits per heavy atom. The summed E-state index contributed by atoms with van der Waals surface area (Å²) in [5.74, 6) is -1.51. The third kappa shape index (κ3) is 2.64. The van der Waals surface area contributed by atoms with Crippen molar-refractivity contribution < 1.29 is 8.78 Å². The number of rotatable bonds is 3. The number of hydrogen-bond donors (Lipinski definition) is 0. The fourth-order valence-electron chi connectivity index (χ4n) is 3.35. The maximum atomic E-state index is 13.1. The minimum absolute atomic E-state index is 0.0933. The fraction of sp³-hybridized carbons (Fsp3) is 1.00. The van der Waals surface area contributed by atoms with Crippen molar-refractivity contribution in [3.05, 3.63) is 0 Å². The molecular weight excluding hydrogens is 218 g/mol. The highest BCUT2D eigenvalue weighted by Gasteiger charge is 2.43. The average molecular weight is 237 g/mol. The molecule has 0 bridgehead atoms. The molecule has 0 heterocycles. The summed E-state index contributed by atoms with van der Waals surface area (Å²) in [4.78, 5) is 0. The molecule has 1 atom stereocenters. The van der Waals surface area contributed by atoms with E-state index >= 15 is 0 Å². The standard InChI is InChI=1S/C12H19ClF2/c13-9-11(4-1-2-5-11)7-10-3-6-12(14,15)8-10/h10H,1-9H2. The van der Waals surface area contributed by atoms with Gasteiger partial charge in [-0.05, 0) is 37.0 Å². The zero-order valence-corrected chi connectivity index (χ0v) is 9.83. The molecule has 3 heteroatoms. The lowest BCUT2D eigenvalue weighted by Gasteiger charge is -2.29. The van der Waals surface area contributed by atoms with Gasteiger partial charge in [-0.2, -0.15) is 0 Å².